The van der Waals surface area contributed by atoms with Crippen LogP contribution in [0.25, 0.3) is 11.0 Å². The maximum absolute atomic E-state index is 12.3. The zero-order valence-corrected chi connectivity index (χ0v) is 14.7. The van der Waals surface area contributed by atoms with Gasteiger partial charge in [-0.05, 0) is 36.4 Å². The first-order chi connectivity index (χ1) is 13.1. The predicted octanol–water partition coefficient (Wildman–Crippen LogP) is 3.61. The van der Waals surface area contributed by atoms with Crippen molar-refractivity contribution in [2.75, 3.05) is 0 Å². The lowest BCUT2D eigenvalue weighted by Crippen LogP contribution is -2.23. The molecule has 3 aromatic heterocycles. The number of rotatable bonds is 5. The van der Waals surface area contributed by atoms with Crippen LogP contribution in [0.4, 0.5) is 0 Å². The summed E-state index contributed by atoms with van der Waals surface area (Å²) in [5, 5.41) is 3.12. The maximum atomic E-state index is 12.3. The number of fused-ring (bicyclic) bond motifs is 1. The summed E-state index contributed by atoms with van der Waals surface area (Å²) in [4.78, 5) is 37.9. The summed E-state index contributed by atoms with van der Waals surface area (Å²) < 4.78 is 10.6. The van der Waals surface area contributed by atoms with Gasteiger partial charge in [-0.15, -0.1) is 11.3 Å². The van der Waals surface area contributed by atoms with Gasteiger partial charge in [-0.1, -0.05) is 12.1 Å². The van der Waals surface area contributed by atoms with Crippen molar-refractivity contribution in [3.05, 3.63) is 92.4 Å². The molecule has 0 radical (unpaired) electrons. The number of carbonyl (C=O) groups is 2. The molecule has 0 aliphatic carbocycles. The van der Waals surface area contributed by atoms with E-state index in [0.29, 0.717) is 15.8 Å². The number of thiophene rings is 1. The lowest BCUT2D eigenvalue weighted by molar-refractivity contribution is 0.0923. The fourth-order valence-corrected chi connectivity index (χ4v) is 3.49. The molecular formula is C20H13NO5S. The molecule has 1 amide bonds. The van der Waals surface area contributed by atoms with Gasteiger partial charge in [0, 0.05) is 10.9 Å². The van der Waals surface area contributed by atoms with Gasteiger partial charge in [-0.3, -0.25) is 14.4 Å². The Bertz CT molecular complexity index is 1190. The van der Waals surface area contributed by atoms with Gasteiger partial charge in [0.05, 0.1) is 23.1 Å². The van der Waals surface area contributed by atoms with E-state index in [1.807, 2.05) is 0 Å². The molecule has 1 N–H and O–H groups in total. The van der Waals surface area contributed by atoms with Crippen LogP contribution in [0.15, 0.2) is 74.5 Å². The Hall–Kier alpha value is -3.45. The number of furan rings is 1. The number of carbonyl (C=O) groups excluding carboxylic acids is 2. The highest BCUT2D eigenvalue weighted by Crippen LogP contribution is 2.20. The Morgan fingerprint density at radius 3 is 2.67 bits per heavy atom. The van der Waals surface area contributed by atoms with Crippen LogP contribution in [0, 0.1) is 0 Å². The Balaban J connectivity index is 1.47. The van der Waals surface area contributed by atoms with Gasteiger partial charge >= 0.3 is 0 Å². The van der Waals surface area contributed by atoms with E-state index in [4.69, 9.17) is 8.83 Å². The molecule has 6 nitrogen and oxygen atoms in total. The van der Waals surface area contributed by atoms with Gasteiger partial charge in [-0.25, -0.2) is 0 Å². The Kier molecular flexibility index (Phi) is 4.43. The van der Waals surface area contributed by atoms with E-state index in [-0.39, 0.29) is 29.3 Å². The van der Waals surface area contributed by atoms with Crippen molar-refractivity contribution in [1.29, 1.82) is 0 Å². The van der Waals surface area contributed by atoms with Crippen LogP contribution in [-0.4, -0.2) is 11.7 Å². The van der Waals surface area contributed by atoms with Gasteiger partial charge in [0.2, 0.25) is 5.78 Å². The zero-order valence-electron chi connectivity index (χ0n) is 13.9. The van der Waals surface area contributed by atoms with Crippen LogP contribution in [0.1, 0.15) is 30.9 Å². The monoisotopic (exact) mass is 379 g/mol. The lowest BCUT2D eigenvalue weighted by Gasteiger charge is -2.04. The number of benzene rings is 1. The second-order valence-electron chi connectivity index (χ2n) is 5.73. The number of amides is 1. The van der Waals surface area contributed by atoms with Crippen molar-refractivity contribution in [2.24, 2.45) is 0 Å². The number of para-hydroxylation sites is 1. The third-order valence-corrected chi connectivity index (χ3v) is 5.00. The van der Waals surface area contributed by atoms with Gasteiger partial charge in [-0.2, -0.15) is 0 Å². The van der Waals surface area contributed by atoms with E-state index in [0.717, 1.165) is 4.88 Å². The molecule has 4 aromatic rings. The van der Waals surface area contributed by atoms with Crippen LogP contribution in [0.5, 0.6) is 0 Å². The number of nitrogens with one attached hydrogen (secondary N) is 1. The average Bonchev–Trinajstić information content (AvgIpc) is 3.37. The van der Waals surface area contributed by atoms with E-state index in [9.17, 15) is 14.4 Å². The predicted molar refractivity (Wildman–Crippen MR) is 100 cm³/mol. The maximum Gasteiger partial charge on any atom is 0.287 e. The highest BCUT2D eigenvalue weighted by molar-refractivity contribution is 7.14. The van der Waals surface area contributed by atoms with Gasteiger partial charge in [0.1, 0.15) is 5.58 Å². The Morgan fingerprint density at radius 1 is 1.00 bits per heavy atom. The molecule has 27 heavy (non-hydrogen) atoms. The van der Waals surface area contributed by atoms with E-state index < -0.39 is 5.91 Å². The van der Waals surface area contributed by atoms with Crippen LogP contribution in [0.2, 0.25) is 0 Å². The Morgan fingerprint density at radius 2 is 1.85 bits per heavy atom. The van der Waals surface area contributed by atoms with Gasteiger partial charge in [0.15, 0.2) is 16.9 Å². The number of hydrogen-bond acceptors (Lipinski definition) is 6. The SMILES string of the molecule is O=C(NCc1ccc(C(=O)c2ccco2)s1)c1cc(=O)c2ccccc2o1. The van der Waals surface area contributed by atoms with E-state index in [1.165, 1.54) is 23.7 Å². The summed E-state index contributed by atoms with van der Waals surface area (Å²) >= 11 is 1.27. The summed E-state index contributed by atoms with van der Waals surface area (Å²) in [6.07, 6.45) is 1.44. The molecule has 0 aliphatic heterocycles. The van der Waals surface area contributed by atoms with Crippen molar-refractivity contribution in [2.45, 2.75) is 6.54 Å². The van der Waals surface area contributed by atoms with Gasteiger partial charge in [0.25, 0.3) is 5.91 Å². The molecule has 134 valence electrons. The molecule has 1 aromatic carbocycles. The number of hydrogen-bond donors (Lipinski definition) is 1. The van der Waals surface area contributed by atoms with Crippen molar-refractivity contribution in [3.8, 4) is 0 Å². The standard InChI is InChI=1S/C20H13NO5S/c22-14-10-17(26-15-5-2-1-4-13(14)15)20(24)21-11-12-7-8-18(27-12)19(23)16-6-3-9-25-16/h1-10H,11H2,(H,21,24). The summed E-state index contributed by atoms with van der Waals surface area (Å²) in [5.41, 5.74) is 0.0852. The van der Waals surface area contributed by atoms with E-state index in [1.54, 1.807) is 48.5 Å². The van der Waals surface area contributed by atoms with Crippen LogP contribution in [-0.2, 0) is 6.54 Å². The molecule has 0 bridgehead atoms. The van der Waals surface area contributed by atoms with Crippen LogP contribution < -0.4 is 10.7 Å². The molecule has 7 heteroatoms. The third-order valence-electron chi connectivity index (χ3n) is 3.91. The van der Waals surface area contributed by atoms with Crippen molar-refractivity contribution in [1.82, 2.24) is 5.32 Å². The van der Waals surface area contributed by atoms with Crippen LogP contribution in [0.3, 0.4) is 0 Å². The smallest absolute Gasteiger partial charge is 0.287 e. The van der Waals surface area contributed by atoms with Gasteiger partial charge < -0.3 is 14.2 Å². The van der Waals surface area contributed by atoms with Crippen molar-refractivity contribution in [3.63, 3.8) is 0 Å². The molecular weight excluding hydrogens is 366 g/mol. The molecule has 0 aliphatic rings. The summed E-state index contributed by atoms with van der Waals surface area (Å²) in [5.74, 6) is -0.485. The molecule has 0 saturated carbocycles. The number of ketones is 1. The summed E-state index contributed by atoms with van der Waals surface area (Å²) in [6, 6.07) is 14.6. The molecule has 4 rings (SSSR count). The minimum atomic E-state index is -0.495. The average molecular weight is 379 g/mol. The van der Waals surface area contributed by atoms with Crippen LogP contribution >= 0.6 is 11.3 Å². The molecule has 0 saturated heterocycles. The summed E-state index contributed by atoms with van der Waals surface area (Å²) in [7, 11) is 0. The lowest BCUT2D eigenvalue weighted by atomic mass is 10.2. The highest BCUT2D eigenvalue weighted by Gasteiger charge is 2.16. The van der Waals surface area contributed by atoms with E-state index in [2.05, 4.69) is 5.32 Å². The second-order valence-corrected chi connectivity index (χ2v) is 6.89. The minimum Gasteiger partial charge on any atom is -0.461 e. The first kappa shape index (κ1) is 17.0. The summed E-state index contributed by atoms with van der Waals surface area (Å²) in [6.45, 7) is 0.214. The second kappa shape index (κ2) is 7.05. The molecule has 0 spiro atoms. The molecule has 0 unspecified atom stereocenters. The zero-order chi connectivity index (χ0) is 18.8. The quantitative estimate of drug-likeness (QED) is 0.535. The highest BCUT2D eigenvalue weighted by atomic mass is 32.1. The Labute approximate surface area is 157 Å². The normalized spacial score (nSPS) is 10.8. The fraction of sp³-hybridized carbons (Fsp3) is 0.0500. The molecule has 0 fully saturated rings. The van der Waals surface area contributed by atoms with E-state index >= 15 is 0 Å². The molecule has 3 heterocycles. The largest absolute Gasteiger partial charge is 0.461 e. The third kappa shape index (κ3) is 3.45. The minimum absolute atomic E-state index is 0.0536. The fourth-order valence-electron chi connectivity index (χ4n) is 2.59. The van der Waals surface area contributed by atoms with Crippen molar-refractivity contribution >= 4 is 34.0 Å². The first-order valence-corrected chi connectivity index (χ1v) is 8.91. The van der Waals surface area contributed by atoms with Crippen molar-refractivity contribution < 1.29 is 18.4 Å². The first-order valence-electron chi connectivity index (χ1n) is 8.10. The molecule has 0 atom stereocenters. The topological polar surface area (TPSA) is 89.5 Å².